The minimum atomic E-state index is 0.130. The van der Waals surface area contributed by atoms with E-state index in [0.29, 0.717) is 12.6 Å². The molecule has 0 radical (unpaired) electrons. The second kappa shape index (κ2) is 5.99. The normalized spacial score (nSPS) is 18.0. The summed E-state index contributed by atoms with van der Waals surface area (Å²) >= 11 is 0. The molecule has 6 nitrogen and oxygen atoms in total. The highest BCUT2D eigenvalue weighted by Gasteiger charge is 2.24. The van der Waals surface area contributed by atoms with Crippen LogP contribution in [0.1, 0.15) is 47.2 Å². The number of nitrogens with one attached hydrogen (secondary N) is 1. The minimum absolute atomic E-state index is 0.130. The van der Waals surface area contributed by atoms with Crippen molar-refractivity contribution in [2.45, 2.75) is 52.2 Å². The predicted octanol–water partition coefficient (Wildman–Crippen LogP) is 1.65. The van der Waals surface area contributed by atoms with E-state index in [2.05, 4.69) is 15.6 Å². The molecule has 2 N–H and O–H groups in total. The first-order valence-electron chi connectivity index (χ1n) is 7.51. The van der Waals surface area contributed by atoms with Gasteiger partial charge in [-0.15, -0.1) is 0 Å². The van der Waals surface area contributed by atoms with E-state index >= 15 is 0 Å². The van der Waals surface area contributed by atoms with Crippen molar-refractivity contribution in [1.29, 1.82) is 0 Å². The molecule has 0 saturated carbocycles. The van der Waals surface area contributed by atoms with Crippen molar-refractivity contribution in [3.63, 3.8) is 0 Å². The van der Waals surface area contributed by atoms with Crippen LogP contribution in [0.25, 0.3) is 0 Å². The van der Waals surface area contributed by atoms with Gasteiger partial charge in [-0.2, -0.15) is 5.10 Å². The van der Waals surface area contributed by atoms with Gasteiger partial charge in [0.2, 0.25) is 0 Å². The molecule has 0 saturated heterocycles. The van der Waals surface area contributed by atoms with Crippen LogP contribution >= 0.6 is 0 Å². The lowest BCUT2D eigenvalue weighted by atomic mass is 9.92. The van der Waals surface area contributed by atoms with E-state index in [1.54, 1.807) is 0 Å². The number of aromatic nitrogens is 3. The van der Waals surface area contributed by atoms with Crippen molar-refractivity contribution in [2.75, 3.05) is 6.61 Å². The standard InChI is InChI=1S/C15H22N4O2/c1-10-12(11(2)21-18-10)8-16-14-4-3-5-15-13(14)9-17-19(15)6-7-20/h9,14,16,20H,3-8H2,1-2H3. The molecular formula is C15H22N4O2. The van der Waals surface area contributed by atoms with Gasteiger partial charge in [0.15, 0.2) is 0 Å². The first-order valence-corrected chi connectivity index (χ1v) is 7.51. The molecule has 114 valence electrons. The molecule has 0 amide bonds. The van der Waals surface area contributed by atoms with Crippen molar-refractivity contribution >= 4 is 0 Å². The van der Waals surface area contributed by atoms with Gasteiger partial charge in [-0.1, -0.05) is 5.16 Å². The topological polar surface area (TPSA) is 76.1 Å². The summed E-state index contributed by atoms with van der Waals surface area (Å²) in [6, 6.07) is 0.315. The summed E-state index contributed by atoms with van der Waals surface area (Å²) in [5.41, 5.74) is 4.62. The van der Waals surface area contributed by atoms with E-state index < -0.39 is 0 Å². The smallest absolute Gasteiger partial charge is 0.138 e. The van der Waals surface area contributed by atoms with Gasteiger partial charge in [0.1, 0.15) is 5.76 Å². The summed E-state index contributed by atoms with van der Waals surface area (Å²) < 4.78 is 7.14. The molecule has 0 spiro atoms. The summed E-state index contributed by atoms with van der Waals surface area (Å²) in [4.78, 5) is 0. The van der Waals surface area contributed by atoms with Crippen LogP contribution in [0.15, 0.2) is 10.7 Å². The molecule has 0 fully saturated rings. The van der Waals surface area contributed by atoms with Crippen LogP contribution in [0.3, 0.4) is 0 Å². The minimum Gasteiger partial charge on any atom is -0.394 e. The lowest BCUT2D eigenvalue weighted by Gasteiger charge is -2.24. The molecule has 1 unspecified atom stereocenters. The van der Waals surface area contributed by atoms with Crippen LogP contribution in [0.2, 0.25) is 0 Å². The van der Waals surface area contributed by atoms with Crippen molar-refractivity contribution in [3.8, 4) is 0 Å². The Morgan fingerprint density at radius 3 is 3.05 bits per heavy atom. The van der Waals surface area contributed by atoms with Gasteiger partial charge in [0.05, 0.1) is 25.0 Å². The van der Waals surface area contributed by atoms with E-state index in [9.17, 15) is 0 Å². The van der Waals surface area contributed by atoms with Gasteiger partial charge in [-0.25, -0.2) is 0 Å². The Balaban J connectivity index is 1.74. The summed E-state index contributed by atoms with van der Waals surface area (Å²) in [5, 5.41) is 21.1. The molecule has 6 heteroatoms. The Labute approximate surface area is 124 Å². The van der Waals surface area contributed by atoms with Crippen molar-refractivity contribution in [2.24, 2.45) is 0 Å². The van der Waals surface area contributed by atoms with Crippen LogP contribution in [0.5, 0.6) is 0 Å². The lowest BCUT2D eigenvalue weighted by molar-refractivity contribution is 0.266. The van der Waals surface area contributed by atoms with Crippen LogP contribution in [0.4, 0.5) is 0 Å². The first kappa shape index (κ1) is 14.3. The number of hydrogen-bond donors (Lipinski definition) is 2. The molecule has 2 heterocycles. The number of fused-ring (bicyclic) bond motifs is 1. The Morgan fingerprint density at radius 2 is 2.33 bits per heavy atom. The molecule has 1 aliphatic carbocycles. The summed E-state index contributed by atoms with van der Waals surface area (Å²) in [6.07, 6.45) is 5.23. The maximum absolute atomic E-state index is 9.10. The third-order valence-electron chi connectivity index (χ3n) is 4.28. The highest BCUT2D eigenvalue weighted by atomic mass is 16.5. The third-order valence-corrected chi connectivity index (χ3v) is 4.28. The van der Waals surface area contributed by atoms with Gasteiger partial charge in [-0.3, -0.25) is 4.68 Å². The Morgan fingerprint density at radius 1 is 1.48 bits per heavy atom. The quantitative estimate of drug-likeness (QED) is 0.875. The molecular weight excluding hydrogens is 268 g/mol. The van der Waals surface area contributed by atoms with Crippen LogP contribution < -0.4 is 5.32 Å². The molecule has 2 aromatic rings. The van der Waals surface area contributed by atoms with E-state index in [1.165, 1.54) is 11.3 Å². The number of aliphatic hydroxyl groups excluding tert-OH is 1. The summed E-state index contributed by atoms with van der Waals surface area (Å²) in [6.45, 7) is 5.38. The maximum atomic E-state index is 9.10. The summed E-state index contributed by atoms with van der Waals surface area (Å²) in [5.74, 6) is 0.881. The Hall–Kier alpha value is -1.66. The highest BCUT2D eigenvalue weighted by molar-refractivity contribution is 5.26. The Kier molecular flexibility index (Phi) is 4.07. The molecule has 21 heavy (non-hydrogen) atoms. The number of aryl methyl sites for hydroxylation is 2. The van der Waals surface area contributed by atoms with Gasteiger partial charge >= 0.3 is 0 Å². The molecule has 1 atom stereocenters. The third kappa shape index (κ3) is 2.73. The zero-order chi connectivity index (χ0) is 14.8. The largest absolute Gasteiger partial charge is 0.394 e. The monoisotopic (exact) mass is 290 g/mol. The van der Waals surface area contributed by atoms with E-state index in [0.717, 1.165) is 42.8 Å². The number of aliphatic hydroxyl groups is 1. The predicted molar refractivity (Wildman–Crippen MR) is 77.8 cm³/mol. The fourth-order valence-electron chi connectivity index (χ4n) is 3.10. The van der Waals surface area contributed by atoms with Gasteiger partial charge in [0, 0.05) is 29.4 Å². The van der Waals surface area contributed by atoms with Crippen LogP contribution in [-0.2, 0) is 19.5 Å². The second-order valence-corrected chi connectivity index (χ2v) is 5.62. The van der Waals surface area contributed by atoms with Gasteiger partial charge < -0.3 is 14.9 Å². The molecule has 0 aliphatic heterocycles. The zero-order valence-corrected chi connectivity index (χ0v) is 12.6. The average molecular weight is 290 g/mol. The lowest BCUT2D eigenvalue weighted by Crippen LogP contribution is -2.25. The molecule has 3 rings (SSSR count). The van der Waals surface area contributed by atoms with E-state index in [-0.39, 0.29) is 6.61 Å². The molecule has 1 aliphatic rings. The van der Waals surface area contributed by atoms with E-state index in [4.69, 9.17) is 9.63 Å². The number of rotatable bonds is 5. The maximum Gasteiger partial charge on any atom is 0.138 e. The van der Waals surface area contributed by atoms with Gasteiger partial charge in [0.25, 0.3) is 0 Å². The van der Waals surface area contributed by atoms with Crippen molar-refractivity contribution in [3.05, 3.63) is 34.5 Å². The van der Waals surface area contributed by atoms with Gasteiger partial charge in [-0.05, 0) is 33.1 Å². The molecule has 0 bridgehead atoms. The zero-order valence-electron chi connectivity index (χ0n) is 12.6. The second-order valence-electron chi connectivity index (χ2n) is 5.62. The van der Waals surface area contributed by atoms with E-state index in [1.807, 2.05) is 24.7 Å². The fraction of sp³-hybridized carbons (Fsp3) is 0.600. The van der Waals surface area contributed by atoms with Crippen LogP contribution in [-0.4, -0.2) is 26.7 Å². The number of hydrogen-bond acceptors (Lipinski definition) is 5. The molecule has 2 aromatic heterocycles. The first-order chi connectivity index (χ1) is 10.2. The SMILES string of the molecule is Cc1noc(C)c1CNC1CCCc2c1cnn2CCO. The average Bonchev–Trinajstić information content (AvgIpc) is 3.03. The molecule has 0 aromatic carbocycles. The van der Waals surface area contributed by atoms with Crippen molar-refractivity contribution < 1.29 is 9.63 Å². The van der Waals surface area contributed by atoms with Crippen molar-refractivity contribution in [1.82, 2.24) is 20.3 Å². The Bertz CT molecular complexity index is 598. The number of nitrogens with zero attached hydrogens (tertiary/aromatic N) is 3. The highest BCUT2D eigenvalue weighted by Crippen LogP contribution is 2.30. The van der Waals surface area contributed by atoms with Crippen LogP contribution in [0, 0.1) is 13.8 Å². The summed E-state index contributed by atoms with van der Waals surface area (Å²) in [7, 11) is 0. The fourth-order valence-corrected chi connectivity index (χ4v) is 3.10.